The van der Waals surface area contributed by atoms with Gasteiger partial charge in [-0.25, -0.2) is 0 Å². The Balaban J connectivity index is 1.32. The molecule has 208 valence electrons. The van der Waals surface area contributed by atoms with Crippen molar-refractivity contribution in [2.75, 3.05) is 32.1 Å². The van der Waals surface area contributed by atoms with E-state index in [4.69, 9.17) is 0 Å². The molecule has 2 fully saturated rings. The zero-order valence-electron chi connectivity index (χ0n) is 23.3. The van der Waals surface area contributed by atoms with Crippen molar-refractivity contribution in [2.24, 2.45) is 5.92 Å². The number of aromatic nitrogens is 1. The Labute approximate surface area is 234 Å². The zero-order valence-corrected chi connectivity index (χ0v) is 23.3. The number of nitrogens with one attached hydrogen (secondary N) is 1. The quantitative estimate of drug-likeness (QED) is 0.493. The van der Waals surface area contributed by atoms with Gasteiger partial charge in [0.1, 0.15) is 12.1 Å². The van der Waals surface area contributed by atoms with Crippen LogP contribution >= 0.6 is 0 Å². The molecule has 0 aliphatic carbocycles. The van der Waals surface area contributed by atoms with E-state index in [0.29, 0.717) is 30.5 Å². The number of benzene rings is 2. The lowest BCUT2D eigenvalue weighted by Gasteiger charge is -2.29. The van der Waals surface area contributed by atoms with E-state index in [0.717, 1.165) is 16.6 Å². The lowest BCUT2D eigenvalue weighted by molar-refractivity contribution is -0.138. The first kappa shape index (κ1) is 27.3. The summed E-state index contributed by atoms with van der Waals surface area (Å²) in [6.45, 7) is 4.30. The van der Waals surface area contributed by atoms with Crippen LogP contribution in [0, 0.1) is 5.92 Å². The minimum atomic E-state index is -0.773. The molecule has 5 rings (SSSR count). The van der Waals surface area contributed by atoms with Crippen molar-refractivity contribution >= 4 is 40.1 Å². The van der Waals surface area contributed by atoms with Gasteiger partial charge >= 0.3 is 0 Å². The van der Waals surface area contributed by atoms with Gasteiger partial charge in [0.05, 0.1) is 18.1 Å². The molecule has 3 atom stereocenters. The second kappa shape index (κ2) is 11.1. The fourth-order valence-corrected chi connectivity index (χ4v) is 5.76. The average molecular weight is 542 g/mol. The highest BCUT2D eigenvalue weighted by atomic mass is 16.2. The average Bonchev–Trinajstić information content (AvgIpc) is 3.52. The van der Waals surface area contributed by atoms with E-state index >= 15 is 0 Å². The summed E-state index contributed by atoms with van der Waals surface area (Å²) in [5.74, 6) is -0.850. The number of carbonyl (C=O) groups excluding carboxylic acids is 4. The summed E-state index contributed by atoms with van der Waals surface area (Å²) < 4.78 is 0. The highest BCUT2D eigenvalue weighted by Gasteiger charge is 2.52. The van der Waals surface area contributed by atoms with Crippen molar-refractivity contribution in [3.63, 3.8) is 0 Å². The maximum atomic E-state index is 13.8. The molecule has 3 aromatic rings. The molecule has 0 spiro atoms. The molecule has 0 bridgehead atoms. The molecule has 2 saturated heterocycles. The molecule has 3 amide bonds. The van der Waals surface area contributed by atoms with Crippen molar-refractivity contribution in [3.8, 4) is 0 Å². The Kier molecular flexibility index (Phi) is 7.56. The molecular formula is C31H35N5O4. The first-order valence-electron chi connectivity index (χ1n) is 13.7. The van der Waals surface area contributed by atoms with E-state index in [2.05, 4.69) is 10.3 Å². The number of Topliss-reactive ketones (excluding diaryl/α,β-unsaturated/α-hetero) is 1. The molecule has 1 unspecified atom stereocenters. The van der Waals surface area contributed by atoms with Gasteiger partial charge in [-0.1, -0.05) is 19.9 Å². The second-order valence-electron chi connectivity index (χ2n) is 11.2. The van der Waals surface area contributed by atoms with Crippen molar-refractivity contribution < 1.29 is 19.2 Å². The van der Waals surface area contributed by atoms with Gasteiger partial charge < -0.3 is 20.0 Å². The van der Waals surface area contributed by atoms with E-state index < -0.39 is 12.1 Å². The minimum Gasteiger partial charge on any atom is -0.378 e. The van der Waals surface area contributed by atoms with Crippen LogP contribution < -0.4 is 10.2 Å². The monoisotopic (exact) mass is 541 g/mol. The van der Waals surface area contributed by atoms with E-state index in [1.54, 1.807) is 46.3 Å². The molecular weight excluding hydrogens is 506 g/mol. The van der Waals surface area contributed by atoms with Gasteiger partial charge in [0.15, 0.2) is 5.78 Å². The molecule has 1 aromatic heterocycles. The normalized spacial score (nSPS) is 19.2. The van der Waals surface area contributed by atoms with Crippen LogP contribution in [0.15, 0.2) is 60.8 Å². The topological polar surface area (TPSA) is 103 Å². The van der Waals surface area contributed by atoms with Crippen molar-refractivity contribution in [1.29, 1.82) is 0 Å². The summed E-state index contributed by atoms with van der Waals surface area (Å²) >= 11 is 0. The molecule has 2 aromatic carbocycles. The van der Waals surface area contributed by atoms with Crippen LogP contribution in [0.25, 0.3) is 10.9 Å². The van der Waals surface area contributed by atoms with Gasteiger partial charge in [0.2, 0.25) is 5.91 Å². The molecule has 2 aliphatic rings. The third kappa shape index (κ3) is 5.28. The molecule has 3 heterocycles. The van der Waals surface area contributed by atoms with Crippen LogP contribution in [0.1, 0.15) is 47.4 Å². The van der Waals surface area contributed by atoms with Crippen molar-refractivity contribution in [1.82, 2.24) is 20.1 Å². The first-order valence-corrected chi connectivity index (χ1v) is 13.7. The zero-order chi connectivity index (χ0) is 28.6. The van der Waals surface area contributed by atoms with Gasteiger partial charge in [-0.2, -0.15) is 0 Å². The summed E-state index contributed by atoms with van der Waals surface area (Å²) in [5.41, 5.74) is 2.71. The van der Waals surface area contributed by atoms with Crippen LogP contribution in [0.5, 0.6) is 0 Å². The lowest BCUT2D eigenvalue weighted by atomic mass is 10.0. The number of hydrogen-bond acceptors (Lipinski definition) is 6. The summed E-state index contributed by atoms with van der Waals surface area (Å²) in [6, 6.07) is 14.4. The summed E-state index contributed by atoms with van der Waals surface area (Å²) in [4.78, 5) is 63.0. The highest BCUT2D eigenvalue weighted by Crippen LogP contribution is 2.32. The predicted molar refractivity (Wildman–Crippen MR) is 153 cm³/mol. The maximum Gasteiger partial charge on any atom is 0.254 e. The van der Waals surface area contributed by atoms with E-state index in [9.17, 15) is 19.2 Å². The molecule has 2 aliphatic heterocycles. The molecule has 1 N–H and O–H groups in total. The smallest absolute Gasteiger partial charge is 0.254 e. The number of amides is 3. The number of fused-ring (bicyclic) bond motifs is 2. The molecule has 0 radical (unpaired) electrons. The highest BCUT2D eigenvalue weighted by molar-refractivity contribution is 6.04. The number of anilines is 1. The number of carbonyl (C=O) groups is 4. The number of nitrogens with zero attached hydrogens (tertiary/aromatic N) is 4. The molecule has 9 nitrogen and oxygen atoms in total. The number of pyridine rings is 1. The predicted octanol–water partition coefficient (Wildman–Crippen LogP) is 3.14. The number of ketones is 1. The SMILES string of the molecule is CC(C)CC(NC(=O)c1ccc(N(C)C)cc1)C(=O)N1CC[C@@H]2[C@H]1C(=O)CN2C(=O)c1ccc2ncccc2c1. The van der Waals surface area contributed by atoms with Crippen molar-refractivity contribution in [2.45, 2.75) is 44.8 Å². The van der Waals surface area contributed by atoms with Gasteiger partial charge in [-0.3, -0.25) is 24.2 Å². The van der Waals surface area contributed by atoms with Gasteiger partial charge in [0.25, 0.3) is 11.8 Å². The van der Waals surface area contributed by atoms with Crippen molar-refractivity contribution in [3.05, 3.63) is 71.9 Å². The summed E-state index contributed by atoms with van der Waals surface area (Å²) in [6.07, 6.45) is 2.65. The largest absolute Gasteiger partial charge is 0.378 e. The van der Waals surface area contributed by atoms with Gasteiger partial charge in [-0.05, 0) is 67.3 Å². The Morgan fingerprint density at radius 2 is 1.75 bits per heavy atom. The van der Waals surface area contributed by atoms with Gasteiger partial charge in [0, 0.05) is 49.0 Å². The third-order valence-electron chi connectivity index (χ3n) is 7.77. The standard InChI is InChI=1S/C31H35N5O4/c1-19(2)16-25(33-29(38)20-7-10-23(11-8-20)34(3)4)31(40)35-15-13-26-28(35)27(37)18-36(26)30(39)22-9-12-24-21(17-22)6-5-14-32-24/h5-12,14,17,19,25-26,28H,13,15-16,18H2,1-4H3,(H,33,38)/t25?,26-,28+/m1/s1. The Morgan fingerprint density at radius 3 is 2.45 bits per heavy atom. The second-order valence-corrected chi connectivity index (χ2v) is 11.2. The van der Waals surface area contributed by atoms with Crippen LogP contribution in [0.4, 0.5) is 5.69 Å². The fourth-order valence-electron chi connectivity index (χ4n) is 5.76. The minimum absolute atomic E-state index is 0.0392. The maximum absolute atomic E-state index is 13.8. The van der Waals surface area contributed by atoms with E-state index in [1.165, 1.54) is 0 Å². The van der Waals surface area contributed by atoms with Crippen LogP contribution in [0.3, 0.4) is 0 Å². The van der Waals surface area contributed by atoms with Crippen LogP contribution in [0.2, 0.25) is 0 Å². The summed E-state index contributed by atoms with van der Waals surface area (Å²) in [5, 5.41) is 3.77. The Bertz CT molecular complexity index is 1450. The van der Waals surface area contributed by atoms with E-state index in [1.807, 2.05) is 57.1 Å². The first-order chi connectivity index (χ1) is 19.1. The molecule has 0 saturated carbocycles. The number of likely N-dealkylation sites (tertiary alicyclic amines) is 2. The van der Waals surface area contributed by atoms with Crippen LogP contribution in [-0.2, 0) is 9.59 Å². The number of hydrogen-bond donors (Lipinski definition) is 1. The lowest BCUT2D eigenvalue weighted by Crippen LogP contribution is -2.53. The Morgan fingerprint density at radius 1 is 1.02 bits per heavy atom. The fraction of sp³-hybridized carbons (Fsp3) is 0.387. The van der Waals surface area contributed by atoms with Crippen LogP contribution in [-0.4, -0.2) is 83.6 Å². The van der Waals surface area contributed by atoms with Gasteiger partial charge in [-0.15, -0.1) is 0 Å². The molecule has 40 heavy (non-hydrogen) atoms. The molecule has 9 heteroatoms. The number of rotatable bonds is 7. The summed E-state index contributed by atoms with van der Waals surface area (Å²) in [7, 11) is 3.85. The van der Waals surface area contributed by atoms with E-state index in [-0.39, 0.29) is 42.0 Å². The third-order valence-corrected chi connectivity index (χ3v) is 7.77. The Hall–Kier alpha value is -4.27.